The Kier molecular flexibility index (Phi) is 41.9. The second kappa shape index (κ2) is 24.7. The van der Waals surface area contributed by atoms with Crippen LogP contribution in [0.4, 0.5) is 0 Å². The molecule has 82 valence electrons. The van der Waals surface area contributed by atoms with Gasteiger partial charge in [0.1, 0.15) is 0 Å². The molecule has 0 saturated carbocycles. The molecule has 0 unspecified atom stereocenters. The van der Waals surface area contributed by atoms with Gasteiger partial charge in [0.25, 0.3) is 0 Å². The van der Waals surface area contributed by atoms with Crippen LogP contribution in [0.2, 0.25) is 0 Å². The topological polar surface area (TPSA) is 28.5 Å². The van der Waals surface area contributed by atoms with E-state index < -0.39 is 0 Å². The summed E-state index contributed by atoms with van der Waals surface area (Å²) >= 11 is 0. The molecule has 0 aromatic carbocycles. The molecule has 0 aliphatic heterocycles. The van der Waals surface area contributed by atoms with Crippen LogP contribution in [0.3, 0.4) is 0 Å². The maximum atomic E-state index is 3.84. The summed E-state index contributed by atoms with van der Waals surface area (Å²) in [5, 5.41) is 0. The van der Waals surface area contributed by atoms with Crippen molar-refractivity contribution in [2.45, 2.75) is 71.1 Å². The summed E-state index contributed by atoms with van der Waals surface area (Å²) in [5.74, 6) is 0. The van der Waals surface area contributed by atoms with Crippen molar-refractivity contribution in [3.8, 4) is 0 Å². The molecule has 0 aromatic heterocycles. The monoisotopic (exact) mass is 272 g/mol. The Morgan fingerprint density at radius 1 is 0.733 bits per heavy atom. The van der Waals surface area contributed by atoms with E-state index in [1.807, 2.05) is 0 Å². The van der Waals surface area contributed by atoms with Crippen molar-refractivity contribution in [3.63, 3.8) is 0 Å². The van der Waals surface area contributed by atoms with E-state index >= 15 is 0 Å². The summed E-state index contributed by atoms with van der Waals surface area (Å²) in [7, 11) is 0. The van der Waals surface area contributed by atoms with Crippen molar-refractivity contribution in [3.05, 3.63) is 6.92 Å². The SMILES string of the molecule is [CH2-]CCCCCCCCCCC.[Na+].[O-2].[Zn+2]. The molecule has 15 heavy (non-hydrogen) atoms. The van der Waals surface area contributed by atoms with Crippen molar-refractivity contribution < 1.29 is 54.5 Å². The average Bonchev–Trinajstić information content (AvgIpc) is 2.10. The van der Waals surface area contributed by atoms with Gasteiger partial charge in [-0.3, -0.25) is 0 Å². The van der Waals surface area contributed by atoms with Crippen molar-refractivity contribution in [1.82, 2.24) is 0 Å². The van der Waals surface area contributed by atoms with Gasteiger partial charge in [0.05, 0.1) is 0 Å². The third-order valence-electron chi connectivity index (χ3n) is 2.35. The van der Waals surface area contributed by atoms with Crippen LogP contribution in [-0.4, -0.2) is 0 Å². The van der Waals surface area contributed by atoms with Crippen LogP contribution in [0.15, 0.2) is 0 Å². The predicted molar refractivity (Wildman–Crippen MR) is 57.9 cm³/mol. The minimum absolute atomic E-state index is 0. The van der Waals surface area contributed by atoms with Gasteiger partial charge < -0.3 is 12.4 Å². The summed E-state index contributed by atoms with van der Waals surface area (Å²) in [4.78, 5) is 0. The average molecular weight is 274 g/mol. The number of rotatable bonds is 9. The van der Waals surface area contributed by atoms with Crippen LogP contribution in [-0.2, 0) is 25.0 Å². The van der Waals surface area contributed by atoms with Crippen molar-refractivity contribution >= 4 is 0 Å². The van der Waals surface area contributed by atoms with Crippen molar-refractivity contribution in [2.24, 2.45) is 0 Å². The first-order chi connectivity index (χ1) is 5.91. The molecule has 0 amide bonds. The molecule has 0 heterocycles. The molecule has 0 bridgehead atoms. The van der Waals surface area contributed by atoms with E-state index in [0.29, 0.717) is 0 Å². The minimum atomic E-state index is 0. The summed E-state index contributed by atoms with van der Waals surface area (Å²) in [6.07, 6.45) is 13.9. The standard InChI is InChI=1S/C12H25.Na.O.Zn/c1-3-5-7-9-11-12-10-8-6-4-2;;;/h1,3-12H2,2H3;;;/q-1;+1;-2;+2. The Hall–Kier alpha value is 1.58. The second-order valence-electron chi connectivity index (χ2n) is 3.68. The van der Waals surface area contributed by atoms with Crippen molar-refractivity contribution in [1.29, 1.82) is 0 Å². The Bertz CT molecular complexity index is 72.0. The van der Waals surface area contributed by atoms with E-state index in [4.69, 9.17) is 0 Å². The maximum Gasteiger partial charge on any atom is 2.00 e. The third-order valence-corrected chi connectivity index (χ3v) is 2.35. The van der Waals surface area contributed by atoms with Crippen molar-refractivity contribution in [2.75, 3.05) is 0 Å². The van der Waals surface area contributed by atoms with Gasteiger partial charge in [-0.2, -0.15) is 6.42 Å². The molecular formula is C12H25NaOZn. The second-order valence-corrected chi connectivity index (χ2v) is 3.68. The Labute approximate surface area is 132 Å². The molecule has 0 N–H and O–H groups in total. The molecule has 0 fully saturated rings. The zero-order valence-corrected chi connectivity index (χ0v) is 15.9. The van der Waals surface area contributed by atoms with Crippen LogP contribution >= 0.6 is 0 Å². The molecule has 1 nitrogen and oxygen atoms in total. The summed E-state index contributed by atoms with van der Waals surface area (Å²) < 4.78 is 0. The van der Waals surface area contributed by atoms with Gasteiger partial charge in [-0.1, -0.05) is 64.7 Å². The summed E-state index contributed by atoms with van der Waals surface area (Å²) in [6, 6.07) is 0. The van der Waals surface area contributed by atoms with Gasteiger partial charge in [0.15, 0.2) is 0 Å². The van der Waals surface area contributed by atoms with E-state index in [1.165, 1.54) is 57.8 Å². The van der Waals surface area contributed by atoms with Crippen LogP contribution < -0.4 is 29.6 Å². The van der Waals surface area contributed by atoms with Crippen LogP contribution in [0.5, 0.6) is 0 Å². The van der Waals surface area contributed by atoms with Crippen LogP contribution in [0.1, 0.15) is 71.1 Å². The maximum absolute atomic E-state index is 3.84. The first-order valence-electron chi connectivity index (χ1n) is 5.71. The third kappa shape index (κ3) is 25.7. The number of unbranched alkanes of at least 4 members (excludes halogenated alkanes) is 9. The Morgan fingerprint density at radius 2 is 1.07 bits per heavy atom. The Balaban J connectivity index is -0.000000202. The molecule has 0 spiro atoms. The molecule has 0 radical (unpaired) electrons. The molecule has 0 atom stereocenters. The summed E-state index contributed by atoms with van der Waals surface area (Å²) in [5.41, 5.74) is 0. The molecule has 0 aliphatic rings. The molecule has 0 aromatic rings. The number of hydrogen-bond acceptors (Lipinski definition) is 0. The van der Waals surface area contributed by atoms with E-state index in [2.05, 4.69) is 13.8 Å². The van der Waals surface area contributed by atoms with E-state index in [-0.39, 0.29) is 54.5 Å². The van der Waals surface area contributed by atoms with E-state index in [1.54, 1.807) is 0 Å². The zero-order chi connectivity index (χ0) is 9.07. The molecule has 0 rings (SSSR count). The molecule has 3 heteroatoms. The van der Waals surface area contributed by atoms with E-state index in [0.717, 1.165) is 6.42 Å². The molecule has 0 aliphatic carbocycles. The van der Waals surface area contributed by atoms with Gasteiger partial charge >= 0.3 is 49.0 Å². The Morgan fingerprint density at radius 3 is 1.40 bits per heavy atom. The molecule has 0 saturated heterocycles. The fourth-order valence-corrected chi connectivity index (χ4v) is 1.49. The predicted octanol–water partition coefficient (Wildman–Crippen LogP) is 1.62. The fraction of sp³-hybridized carbons (Fsp3) is 0.917. The van der Waals surface area contributed by atoms with Crippen LogP contribution in [0, 0.1) is 6.92 Å². The fourth-order valence-electron chi connectivity index (χ4n) is 1.49. The van der Waals surface area contributed by atoms with Gasteiger partial charge in [-0.25, -0.2) is 0 Å². The zero-order valence-electron chi connectivity index (χ0n) is 10.9. The molecular weight excluding hydrogens is 249 g/mol. The van der Waals surface area contributed by atoms with E-state index in [9.17, 15) is 0 Å². The smallest absolute Gasteiger partial charge is 2.00 e. The van der Waals surface area contributed by atoms with Gasteiger partial charge in [0.2, 0.25) is 0 Å². The first-order valence-corrected chi connectivity index (χ1v) is 5.71. The first kappa shape index (κ1) is 25.4. The summed E-state index contributed by atoms with van der Waals surface area (Å²) in [6.45, 7) is 6.12. The van der Waals surface area contributed by atoms with Gasteiger partial charge in [-0.15, -0.1) is 0 Å². The quantitative estimate of drug-likeness (QED) is 0.347. The largest absolute Gasteiger partial charge is 2.00 e. The van der Waals surface area contributed by atoms with Gasteiger partial charge in [-0.05, 0) is 0 Å². The number of hydrogen-bond donors (Lipinski definition) is 0. The normalized spacial score (nSPS) is 8.40. The minimum Gasteiger partial charge on any atom is -2.00 e. The van der Waals surface area contributed by atoms with Crippen LogP contribution in [0.25, 0.3) is 0 Å². The van der Waals surface area contributed by atoms with Gasteiger partial charge in [0, 0.05) is 0 Å².